The second kappa shape index (κ2) is 6.55. The first kappa shape index (κ1) is 17.3. The summed E-state index contributed by atoms with van der Waals surface area (Å²) in [5, 5.41) is 3.98. The number of halogens is 1. The lowest BCUT2D eigenvalue weighted by atomic mass is 9.89. The number of benzene rings is 1. The van der Waals surface area contributed by atoms with Crippen LogP contribution in [-0.2, 0) is 4.79 Å². The van der Waals surface area contributed by atoms with Crippen LogP contribution in [0.4, 0.5) is 4.39 Å². The van der Waals surface area contributed by atoms with Gasteiger partial charge in [0.05, 0.1) is 16.3 Å². The lowest BCUT2D eigenvalue weighted by Gasteiger charge is -2.24. The molecule has 2 aromatic rings. The molecule has 26 heavy (non-hydrogen) atoms. The summed E-state index contributed by atoms with van der Waals surface area (Å²) in [4.78, 5) is 30.2. The Morgan fingerprint density at radius 3 is 2.62 bits per heavy atom. The van der Waals surface area contributed by atoms with Crippen molar-refractivity contribution in [1.82, 2.24) is 10.3 Å². The minimum Gasteiger partial charge on any atom is -0.368 e. The first-order valence-electron chi connectivity index (χ1n) is 8.70. The Morgan fingerprint density at radius 2 is 2.04 bits per heavy atom. The van der Waals surface area contributed by atoms with E-state index in [-0.39, 0.29) is 11.6 Å². The summed E-state index contributed by atoms with van der Waals surface area (Å²) < 4.78 is 13.3. The van der Waals surface area contributed by atoms with Crippen LogP contribution in [0, 0.1) is 12.2 Å². The molecule has 7 heteroatoms. The number of aromatic nitrogens is 1. The van der Waals surface area contributed by atoms with Gasteiger partial charge in [0.25, 0.3) is 0 Å². The van der Waals surface area contributed by atoms with Crippen LogP contribution in [0.15, 0.2) is 24.3 Å². The van der Waals surface area contributed by atoms with E-state index < -0.39 is 11.4 Å². The fourth-order valence-electron chi connectivity index (χ4n) is 3.27. The Hall–Kier alpha value is -2.12. The molecule has 5 nitrogen and oxygen atoms in total. The molecule has 1 saturated carbocycles. The number of amides is 1. The monoisotopic (exact) mass is 372 g/mol. The van der Waals surface area contributed by atoms with Gasteiger partial charge >= 0.3 is 0 Å². The first-order valence-corrected chi connectivity index (χ1v) is 9.52. The Kier molecular flexibility index (Phi) is 4.36. The molecule has 1 radical (unpaired) electrons. The molecule has 1 saturated heterocycles. The Balaban J connectivity index is 1.69. The highest BCUT2D eigenvalue weighted by molar-refractivity contribution is 7.15. The number of primary amides is 1. The number of thiazole rings is 1. The standard InChI is InChI=1S/C19H19FN3O2S/c20-13-6-4-11(5-7-13)16-15(23-17(26-16)12-2-3-12)14(24)10-19(18(21)25)8-1-9-22-19/h4-7,10,12,22H,1-3,8-9H2,(H2,21,25). The molecule has 2 aliphatic rings. The van der Waals surface area contributed by atoms with E-state index in [0.29, 0.717) is 29.5 Å². The van der Waals surface area contributed by atoms with Gasteiger partial charge in [-0.05, 0) is 49.9 Å². The average molecular weight is 372 g/mol. The third-order valence-electron chi connectivity index (χ3n) is 4.92. The van der Waals surface area contributed by atoms with Crippen LogP contribution in [0.5, 0.6) is 0 Å². The predicted octanol–water partition coefficient (Wildman–Crippen LogP) is 2.82. The molecule has 4 rings (SSSR count). The largest absolute Gasteiger partial charge is 0.368 e. The highest BCUT2D eigenvalue weighted by Gasteiger charge is 2.43. The molecule has 2 fully saturated rings. The molecule has 135 valence electrons. The third-order valence-corrected chi connectivity index (χ3v) is 6.18. The summed E-state index contributed by atoms with van der Waals surface area (Å²) in [5.41, 5.74) is 5.50. The van der Waals surface area contributed by atoms with Crippen molar-refractivity contribution in [2.45, 2.75) is 37.1 Å². The van der Waals surface area contributed by atoms with Gasteiger partial charge < -0.3 is 11.1 Å². The zero-order chi connectivity index (χ0) is 18.3. The number of carbonyl (C=O) groups is 2. The summed E-state index contributed by atoms with van der Waals surface area (Å²) >= 11 is 1.47. The predicted molar refractivity (Wildman–Crippen MR) is 97.3 cm³/mol. The number of Topliss-reactive ketones (excluding diaryl/α,β-unsaturated/α-hetero) is 1. The van der Waals surface area contributed by atoms with Gasteiger partial charge in [-0.3, -0.25) is 9.59 Å². The average Bonchev–Trinajstić information content (AvgIpc) is 3.18. The number of nitrogens with zero attached hydrogens (tertiary/aromatic N) is 1. The summed E-state index contributed by atoms with van der Waals surface area (Å²) in [7, 11) is 0. The van der Waals surface area contributed by atoms with E-state index >= 15 is 0 Å². The molecule has 1 atom stereocenters. The summed E-state index contributed by atoms with van der Waals surface area (Å²) in [5.74, 6) is -0.802. The maximum Gasteiger partial charge on any atom is 0.238 e. The van der Waals surface area contributed by atoms with Gasteiger partial charge in [0, 0.05) is 5.92 Å². The zero-order valence-corrected chi connectivity index (χ0v) is 14.9. The Bertz CT molecular complexity index is 852. The van der Waals surface area contributed by atoms with Crippen molar-refractivity contribution in [2.24, 2.45) is 5.73 Å². The lowest BCUT2D eigenvalue weighted by Crippen LogP contribution is -2.53. The topological polar surface area (TPSA) is 85.1 Å². The molecule has 3 N–H and O–H groups in total. The summed E-state index contributed by atoms with van der Waals surface area (Å²) in [6.07, 6.45) is 4.80. The van der Waals surface area contributed by atoms with E-state index in [0.717, 1.165) is 29.8 Å². The number of hydrogen-bond acceptors (Lipinski definition) is 5. The Labute approximate surface area is 154 Å². The van der Waals surface area contributed by atoms with Crippen molar-refractivity contribution < 1.29 is 14.0 Å². The second-order valence-electron chi connectivity index (χ2n) is 6.89. The van der Waals surface area contributed by atoms with Crippen molar-refractivity contribution in [1.29, 1.82) is 0 Å². The molecule has 1 amide bonds. The third kappa shape index (κ3) is 3.17. The molecule has 1 aliphatic heterocycles. The van der Waals surface area contributed by atoms with Crippen molar-refractivity contribution in [3.8, 4) is 10.4 Å². The van der Waals surface area contributed by atoms with Crippen molar-refractivity contribution >= 4 is 23.0 Å². The molecule has 1 aromatic heterocycles. The van der Waals surface area contributed by atoms with E-state index in [4.69, 9.17) is 5.73 Å². The fraction of sp³-hybridized carbons (Fsp3) is 0.368. The van der Waals surface area contributed by atoms with E-state index in [2.05, 4.69) is 10.3 Å². The molecule has 2 heterocycles. The van der Waals surface area contributed by atoms with E-state index in [9.17, 15) is 14.0 Å². The number of hydrogen-bond donors (Lipinski definition) is 2. The molecule has 0 spiro atoms. The minimum atomic E-state index is -1.11. The molecule has 1 aliphatic carbocycles. The summed E-state index contributed by atoms with van der Waals surface area (Å²) in [6, 6.07) is 6.03. The van der Waals surface area contributed by atoms with Gasteiger partial charge in [0.1, 0.15) is 17.1 Å². The fourth-order valence-corrected chi connectivity index (χ4v) is 4.51. The van der Waals surface area contributed by atoms with E-state index in [1.54, 1.807) is 12.1 Å². The van der Waals surface area contributed by atoms with Gasteiger partial charge in [0.2, 0.25) is 5.91 Å². The zero-order valence-electron chi connectivity index (χ0n) is 14.1. The van der Waals surface area contributed by atoms with Crippen molar-refractivity contribution in [3.05, 3.63) is 47.2 Å². The van der Waals surface area contributed by atoms with Gasteiger partial charge in [-0.1, -0.05) is 12.1 Å². The number of carbonyl (C=O) groups excluding carboxylic acids is 2. The number of nitrogens with two attached hydrogens (primary N) is 1. The van der Waals surface area contributed by atoms with Gasteiger partial charge in [-0.15, -0.1) is 11.3 Å². The highest BCUT2D eigenvalue weighted by Crippen LogP contribution is 2.45. The normalized spacial score (nSPS) is 22.5. The van der Waals surface area contributed by atoms with Crippen LogP contribution in [0.2, 0.25) is 0 Å². The van der Waals surface area contributed by atoms with Crippen LogP contribution < -0.4 is 11.1 Å². The lowest BCUT2D eigenvalue weighted by molar-refractivity contribution is -0.122. The molecule has 1 unspecified atom stereocenters. The van der Waals surface area contributed by atoms with Crippen molar-refractivity contribution in [2.75, 3.05) is 6.54 Å². The van der Waals surface area contributed by atoms with Crippen molar-refractivity contribution in [3.63, 3.8) is 0 Å². The van der Waals surface area contributed by atoms with E-state index in [1.807, 2.05) is 0 Å². The van der Waals surface area contributed by atoms with Crippen LogP contribution >= 0.6 is 11.3 Å². The highest BCUT2D eigenvalue weighted by atomic mass is 32.1. The van der Waals surface area contributed by atoms with E-state index in [1.165, 1.54) is 29.9 Å². The van der Waals surface area contributed by atoms with Crippen LogP contribution in [0.25, 0.3) is 10.4 Å². The van der Waals surface area contributed by atoms with Crippen LogP contribution in [0.1, 0.15) is 47.1 Å². The van der Waals surface area contributed by atoms with Gasteiger partial charge in [-0.25, -0.2) is 9.37 Å². The number of rotatable bonds is 6. The maximum atomic E-state index is 13.3. The molecule has 0 bridgehead atoms. The number of ketones is 1. The second-order valence-corrected chi connectivity index (χ2v) is 7.92. The van der Waals surface area contributed by atoms with Crippen LogP contribution in [-0.4, -0.2) is 28.8 Å². The quantitative estimate of drug-likeness (QED) is 0.764. The maximum absolute atomic E-state index is 13.3. The summed E-state index contributed by atoms with van der Waals surface area (Å²) in [6.45, 7) is 0.641. The molecular weight excluding hydrogens is 353 g/mol. The van der Waals surface area contributed by atoms with Gasteiger partial charge in [-0.2, -0.15) is 0 Å². The van der Waals surface area contributed by atoms with Gasteiger partial charge in [0.15, 0.2) is 5.78 Å². The molecular formula is C19H19FN3O2S. The smallest absolute Gasteiger partial charge is 0.238 e. The van der Waals surface area contributed by atoms with Crippen LogP contribution in [0.3, 0.4) is 0 Å². The first-order chi connectivity index (χ1) is 12.5. The SMILES string of the molecule is NC(=O)C1([CH]C(=O)c2nc(C3CC3)sc2-c2ccc(F)cc2)CCCN1. The molecule has 1 aromatic carbocycles. The minimum absolute atomic E-state index is 0.317. The number of nitrogens with one attached hydrogen (secondary N) is 1. The Morgan fingerprint density at radius 1 is 1.31 bits per heavy atom.